The monoisotopic (exact) mass is 543 g/mol. The molecule has 0 fully saturated rings. The minimum Gasteiger partial charge on any atom is -0.497 e. The molecule has 0 saturated carbocycles. The lowest BCUT2D eigenvalue weighted by Crippen LogP contribution is -2.24. The number of rotatable bonds is 6. The minimum atomic E-state index is -0.243. The van der Waals surface area contributed by atoms with E-state index in [0.29, 0.717) is 44.9 Å². The maximum atomic E-state index is 14.1. The highest BCUT2D eigenvalue weighted by Crippen LogP contribution is 2.29. The van der Waals surface area contributed by atoms with E-state index in [1.165, 1.54) is 17.4 Å². The summed E-state index contributed by atoms with van der Waals surface area (Å²) in [5.41, 5.74) is 3.02. The molecule has 0 N–H and O–H groups in total. The molecule has 0 unspecified atom stereocenters. The van der Waals surface area contributed by atoms with Crippen molar-refractivity contribution in [3.05, 3.63) is 116 Å². The summed E-state index contributed by atoms with van der Waals surface area (Å²) in [4.78, 5) is 36.5. The molecule has 38 heavy (non-hydrogen) atoms. The van der Waals surface area contributed by atoms with Crippen LogP contribution in [0.3, 0.4) is 0 Å². The van der Waals surface area contributed by atoms with Crippen LogP contribution in [0.5, 0.6) is 5.75 Å². The van der Waals surface area contributed by atoms with E-state index in [1.54, 1.807) is 41.5 Å². The number of aryl methyl sites for hydroxylation is 1. The second-order valence-electron chi connectivity index (χ2n) is 8.86. The van der Waals surface area contributed by atoms with Gasteiger partial charge in [0.2, 0.25) is 5.13 Å². The molecule has 4 heterocycles. The summed E-state index contributed by atoms with van der Waals surface area (Å²) < 4.78 is 11.2. The molecular weight excluding hydrogens is 522 g/mol. The zero-order valence-corrected chi connectivity index (χ0v) is 22.2. The summed E-state index contributed by atoms with van der Waals surface area (Å²) >= 11 is 7.46. The zero-order chi connectivity index (χ0) is 26.4. The normalized spacial score (nSPS) is 11.4. The van der Waals surface area contributed by atoms with E-state index in [2.05, 4.69) is 4.98 Å². The number of halogens is 1. The van der Waals surface area contributed by atoms with Crippen molar-refractivity contribution in [2.24, 2.45) is 0 Å². The van der Waals surface area contributed by atoms with E-state index in [9.17, 15) is 9.59 Å². The van der Waals surface area contributed by atoms with E-state index in [0.717, 1.165) is 15.8 Å². The number of nitrogens with zero attached hydrogens (tertiary/aromatic N) is 5. The molecule has 6 aromatic rings. The van der Waals surface area contributed by atoms with E-state index in [1.807, 2.05) is 53.2 Å². The van der Waals surface area contributed by atoms with E-state index >= 15 is 0 Å². The first kappa shape index (κ1) is 24.1. The van der Waals surface area contributed by atoms with E-state index in [4.69, 9.17) is 21.3 Å². The van der Waals surface area contributed by atoms with Crippen molar-refractivity contribution in [1.29, 1.82) is 0 Å². The zero-order valence-electron chi connectivity index (χ0n) is 20.6. The average molecular weight is 544 g/mol. The van der Waals surface area contributed by atoms with Gasteiger partial charge in [-0.25, -0.2) is 9.97 Å². The Kier molecular flexibility index (Phi) is 6.09. The van der Waals surface area contributed by atoms with Crippen LogP contribution in [0.1, 0.15) is 17.0 Å². The summed E-state index contributed by atoms with van der Waals surface area (Å²) in [5, 5.41) is 1.32. The number of benzene rings is 2. The molecule has 10 heteroatoms. The molecule has 0 spiro atoms. The van der Waals surface area contributed by atoms with Crippen molar-refractivity contribution >= 4 is 44.1 Å². The third kappa shape index (κ3) is 4.19. The van der Waals surface area contributed by atoms with Gasteiger partial charge in [-0.2, -0.15) is 4.68 Å². The molecule has 8 nitrogen and oxygen atoms in total. The molecule has 0 aliphatic rings. The maximum Gasteiger partial charge on any atom is 0.283 e. The van der Waals surface area contributed by atoms with Crippen LogP contribution in [0.25, 0.3) is 26.3 Å². The molecule has 0 aliphatic carbocycles. The number of aromatic nitrogens is 5. The quantitative estimate of drug-likeness (QED) is 0.275. The maximum absolute atomic E-state index is 14.1. The van der Waals surface area contributed by atoms with Crippen LogP contribution in [0.15, 0.2) is 82.4 Å². The van der Waals surface area contributed by atoms with Gasteiger partial charge in [-0.05, 0) is 42.8 Å². The molecule has 6 rings (SSSR count). The van der Waals surface area contributed by atoms with Crippen LogP contribution < -0.4 is 15.9 Å². The van der Waals surface area contributed by atoms with Crippen LogP contribution in [0.4, 0.5) is 0 Å². The molecule has 0 atom stereocenters. The van der Waals surface area contributed by atoms with Crippen LogP contribution in [0.2, 0.25) is 5.15 Å². The van der Waals surface area contributed by atoms with Gasteiger partial charge in [0.05, 0.1) is 47.0 Å². The van der Waals surface area contributed by atoms with E-state index < -0.39 is 0 Å². The standard InChI is InChI=1S/C28H22ClN5O3S/c1-17-26-22(14-25(35)32(17)16-19-9-6-10-24(29)30-19)33(15-18-7-4-3-5-8-18)34(27(26)36)28-31-21-12-11-20(37-2)13-23(21)38-28/h3-14H,15-16H2,1-2H3. The van der Waals surface area contributed by atoms with Crippen LogP contribution in [0, 0.1) is 6.92 Å². The SMILES string of the molecule is COc1ccc2nc(-n3c(=O)c4c(C)n(Cc5cccc(Cl)n5)c(=O)cc4n3Cc3ccccc3)sc2c1. The van der Waals surface area contributed by atoms with Crippen molar-refractivity contribution < 1.29 is 4.74 Å². The van der Waals surface area contributed by atoms with Gasteiger partial charge in [-0.15, -0.1) is 0 Å². The topological polar surface area (TPSA) is 83.9 Å². The smallest absolute Gasteiger partial charge is 0.283 e. The van der Waals surface area contributed by atoms with Crippen molar-refractivity contribution in [3.63, 3.8) is 0 Å². The number of hydrogen-bond acceptors (Lipinski definition) is 6. The van der Waals surface area contributed by atoms with Gasteiger partial charge in [-0.1, -0.05) is 59.3 Å². The van der Waals surface area contributed by atoms with Gasteiger partial charge in [0.25, 0.3) is 11.1 Å². The summed E-state index contributed by atoms with van der Waals surface area (Å²) in [6.07, 6.45) is 0. The predicted octanol–water partition coefficient (Wildman–Crippen LogP) is 5.03. The number of fused-ring (bicyclic) bond motifs is 2. The fourth-order valence-corrected chi connectivity index (χ4v) is 5.84. The number of methoxy groups -OCH3 is 1. The Labute approximate surface area is 225 Å². The van der Waals surface area contributed by atoms with Crippen molar-refractivity contribution in [2.75, 3.05) is 7.11 Å². The number of hydrogen-bond donors (Lipinski definition) is 0. The summed E-state index contributed by atoms with van der Waals surface area (Å²) in [6, 6.07) is 22.2. The fourth-order valence-electron chi connectivity index (χ4n) is 4.65. The lowest BCUT2D eigenvalue weighted by atomic mass is 10.2. The molecule has 0 amide bonds. The summed E-state index contributed by atoms with van der Waals surface area (Å²) in [6.45, 7) is 2.37. The Balaban J connectivity index is 1.60. The van der Waals surface area contributed by atoms with Crippen LogP contribution in [-0.4, -0.2) is 31.0 Å². The molecule has 0 saturated heterocycles. The van der Waals surface area contributed by atoms with Gasteiger partial charge in [0.15, 0.2) is 0 Å². The first-order valence-electron chi connectivity index (χ1n) is 11.9. The number of thiazole rings is 1. The number of ether oxygens (including phenoxy) is 1. The molecule has 0 radical (unpaired) electrons. The van der Waals surface area contributed by atoms with Gasteiger partial charge >= 0.3 is 0 Å². The average Bonchev–Trinajstić information content (AvgIpc) is 3.44. The van der Waals surface area contributed by atoms with E-state index in [-0.39, 0.29) is 17.7 Å². The third-order valence-electron chi connectivity index (χ3n) is 6.51. The lowest BCUT2D eigenvalue weighted by Gasteiger charge is -2.12. The van der Waals surface area contributed by atoms with Gasteiger partial charge in [-0.3, -0.25) is 14.3 Å². The molecule has 2 aromatic carbocycles. The van der Waals surface area contributed by atoms with Crippen molar-refractivity contribution in [1.82, 2.24) is 23.9 Å². The highest BCUT2D eigenvalue weighted by atomic mass is 35.5. The predicted molar refractivity (Wildman–Crippen MR) is 150 cm³/mol. The second-order valence-corrected chi connectivity index (χ2v) is 10.3. The van der Waals surface area contributed by atoms with Crippen LogP contribution in [-0.2, 0) is 13.1 Å². The first-order valence-corrected chi connectivity index (χ1v) is 13.1. The van der Waals surface area contributed by atoms with Gasteiger partial charge in [0.1, 0.15) is 10.9 Å². The molecule has 4 aromatic heterocycles. The lowest BCUT2D eigenvalue weighted by molar-refractivity contribution is 0.415. The third-order valence-corrected chi connectivity index (χ3v) is 7.71. The van der Waals surface area contributed by atoms with Crippen LogP contribution >= 0.6 is 22.9 Å². The van der Waals surface area contributed by atoms with Gasteiger partial charge in [0, 0.05) is 11.8 Å². The fraction of sp³-hybridized carbons (Fsp3) is 0.143. The Morgan fingerprint density at radius 1 is 0.947 bits per heavy atom. The largest absolute Gasteiger partial charge is 0.497 e. The van der Waals surface area contributed by atoms with Crippen molar-refractivity contribution in [2.45, 2.75) is 20.0 Å². The second kappa shape index (κ2) is 9.59. The highest BCUT2D eigenvalue weighted by Gasteiger charge is 2.22. The van der Waals surface area contributed by atoms with Crippen molar-refractivity contribution in [3.8, 4) is 10.9 Å². The Hall–Kier alpha value is -4.21. The Bertz CT molecular complexity index is 1940. The molecular formula is C28H22ClN5O3S. The summed E-state index contributed by atoms with van der Waals surface area (Å²) in [7, 11) is 1.61. The Morgan fingerprint density at radius 2 is 1.76 bits per heavy atom. The highest BCUT2D eigenvalue weighted by molar-refractivity contribution is 7.20. The first-order chi connectivity index (χ1) is 18.4. The summed E-state index contributed by atoms with van der Waals surface area (Å²) in [5.74, 6) is 0.715. The minimum absolute atomic E-state index is 0.200. The molecule has 0 aliphatic heterocycles. The van der Waals surface area contributed by atoms with Gasteiger partial charge < -0.3 is 9.30 Å². The Morgan fingerprint density at radius 3 is 2.53 bits per heavy atom. The molecule has 190 valence electrons. The number of pyridine rings is 2. The molecule has 0 bridgehead atoms.